The highest BCUT2D eigenvalue weighted by atomic mass is 16.2. The predicted octanol–water partition coefficient (Wildman–Crippen LogP) is 1.47. The van der Waals surface area contributed by atoms with Gasteiger partial charge in [-0.2, -0.15) is 0 Å². The van der Waals surface area contributed by atoms with Gasteiger partial charge in [0.15, 0.2) is 0 Å². The molecule has 0 spiro atoms. The number of carbonyl (C=O) groups excluding carboxylic acids is 1. The van der Waals surface area contributed by atoms with E-state index in [2.05, 4.69) is 20.5 Å². The van der Waals surface area contributed by atoms with Crippen molar-refractivity contribution in [3.05, 3.63) is 23.9 Å². The van der Waals surface area contributed by atoms with E-state index >= 15 is 0 Å². The lowest BCUT2D eigenvalue weighted by Gasteiger charge is -2.26. The Kier molecular flexibility index (Phi) is 4.73. The van der Waals surface area contributed by atoms with Crippen LogP contribution >= 0.6 is 0 Å². The molecule has 0 atom stereocenters. The first kappa shape index (κ1) is 14.9. The van der Waals surface area contributed by atoms with E-state index in [9.17, 15) is 4.79 Å². The lowest BCUT2D eigenvalue weighted by atomic mass is 9.96. The van der Waals surface area contributed by atoms with Crippen molar-refractivity contribution in [2.24, 2.45) is 5.41 Å². The fourth-order valence-electron chi connectivity index (χ4n) is 2.04. The molecule has 1 aromatic rings. The highest BCUT2D eigenvalue weighted by Gasteiger charge is 2.21. The van der Waals surface area contributed by atoms with Crippen LogP contribution in [-0.4, -0.2) is 42.0 Å². The van der Waals surface area contributed by atoms with E-state index in [1.54, 1.807) is 0 Å². The van der Waals surface area contributed by atoms with Crippen LogP contribution in [0.15, 0.2) is 18.2 Å². The van der Waals surface area contributed by atoms with E-state index in [4.69, 9.17) is 0 Å². The zero-order valence-corrected chi connectivity index (χ0v) is 12.6. The van der Waals surface area contributed by atoms with Crippen molar-refractivity contribution >= 4 is 11.7 Å². The maximum atomic E-state index is 12.0. The van der Waals surface area contributed by atoms with Crippen molar-refractivity contribution in [1.82, 2.24) is 15.2 Å². The Morgan fingerprint density at radius 2 is 2.05 bits per heavy atom. The summed E-state index contributed by atoms with van der Waals surface area (Å²) in [5, 5.41) is 6.21. The normalized spacial score (nSPS) is 16.9. The minimum absolute atomic E-state index is 0.00989. The molecule has 1 fully saturated rings. The third-order valence-electron chi connectivity index (χ3n) is 3.32. The molecule has 5 nitrogen and oxygen atoms in total. The lowest BCUT2D eigenvalue weighted by molar-refractivity contribution is -0.123. The molecule has 110 valence electrons. The molecule has 0 unspecified atom stereocenters. The summed E-state index contributed by atoms with van der Waals surface area (Å²) in [4.78, 5) is 18.9. The average molecular weight is 276 g/mol. The van der Waals surface area contributed by atoms with Crippen LogP contribution in [0.3, 0.4) is 0 Å². The summed E-state index contributed by atoms with van der Waals surface area (Å²) in [5.41, 5.74) is 0.592. The second-order valence-corrected chi connectivity index (χ2v) is 6.24. The number of carbonyl (C=O) groups is 1. The van der Waals surface area contributed by atoms with Crippen LogP contribution in [0.1, 0.15) is 26.5 Å². The Morgan fingerprint density at radius 3 is 2.70 bits per heavy atom. The van der Waals surface area contributed by atoms with Crippen LogP contribution < -0.4 is 10.6 Å². The predicted molar refractivity (Wildman–Crippen MR) is 80.5 cm³/mol. The maximum Gasteiger partial charge on any atom is 0.230 e. The van der Waals surface area contributed by atoms with E-state index in [1.165, 1.54) is 0 Å². The minimum atomic E-state index is -0.407. The van der Waals surface area contributed by atoms with Gasteiger partial charge in [-0.05, 0) is 12.1 Å². The van der Waals surface area contributed by atoms with Gasteiger partial charge >= 0.3 is 0 Å². The monoisotopic (exact) mass is 276 g/mol. The van der Waals surface area contributed by atoms with Gasteiger partial charge in [-0.15, -0.1) is 0 Å². The number of hydrogen-bond acceptors (Lipinski definition) is 4. The van der Waals surface area contributed by atoms with Crippen LogP contribution in [0.2, 0.25) is 0 Å². The van der Waals surface area contributed by atoms with E-state index in [-0.39, 0.29) is 5.91 Å². The minimum Gasteiger partial charge on any atom is -0.314 e. The van der Waals surface area contributed by atoms with Gasteiger partial charge in [0.05, 0.1) is 5.69 Å². The maximum absolute atomic E-state index is 12.0. The summed E-state index contributed by atoms with van der Waals surface area (Å²) in [6, 6.07) is 5.79. The number of nitrogens with zero attached hydrogens (tertiary/aromatic N) is 2. The Hall–Kier alpha value is -1.46. The molecule has 1 aliphatic rings. The molecule has 1 amide bonds. The molecule has 0 bridgehead atoms. The number of amides is 1. The zero-order valence-electron chi connectivity index (χ0n) is 12.6. The smallest absolute Gasteiger partial charge is 0.230 e. The van der Waals surface area contributed by atoms with E-state index < -0.39 is 5.41 Å². The Morgan fingerprint density at radius 1 is 1.35 bits per heavy atom. The first-order chi connectivity index (χ1) is 9.45. The molecule has 2 heterocycles. The quantitative estimate of drug-likeness (QED) is 0.878. The molecule has 0 aromatic carbocycles. The van der Waals surface area contributed by atoms with Crippen molar-refractivity contribution in [3.8, 4) is 0 Å². The Bertz CT molecular complexity index is 461. The van der Waals surface area contributed by atoms with Gasteiger partial charge in [-0.3, -0.25) is 9.69 Å². The van der Waals surface area contributed by atoms with E-state index in [0.29, 0.717) is 5.82 Å². The number of nitrogens with one attached hydrogen (secondary N) is 2. The summed E-state index contributed by atoms with van der Waals surface area (Å²) < 4.78 is 0. The number of rotatable bonds is 3. The molecule has 2 N–H and O–H groups in total. The molecule has 1 aromatic heterocycles. The topological polar surface area (TPSA) is 57.3 Å². The third kappa shape index (κ3) is 4.28. The molecular weight excluding hydrogens is 252 g/mol. The third-order valence-corrected chi connectivity index (χ3v) is 3.32. The van der Waals surface area contributed by atoms with Crippen LogP contribution in [0.25, 0.3) is 0 Å². The number of hydrogen-bond donors (Lipinski definition) is 2. The van der Waals surface area contributed by atoms with Gasteiger partial charge in [0, 0.05) is 38.1 Å². The van der Waals surface area contributed by atoms with Crippen molar-refractivity contribution < 1.29 is 4.79 Å². The van der Waals surface area contributed by atoms with Gasteiger partial charge in [-0.1, -0.05) is 26.8 Å². The van der Waals surface area contributed by atoms with Gasteiger partial charge < -0.3 is 10.6 Å². The summed E-state index contributed by atoms with van der Waals surface area (Å²) in [5.74, 6) is 0.627. The molecule has 5 heteroatoms. The molecular formula is C15H24N4O. The summed E-state index contributed by atoms with van der Waals surface area (Å²) in [6.07, 6.45) is 0. The standard InChI is InChI=1S/C15H24N4O/c1-15(2,3)14(20)18-13-6-4-5-12(17-13)11-19-9-7-16-8-10-19/h4-6,16H,7-11H2,1-3H3,(H,17,18,20). The second-order valence-electron chi connectivity index (χ2n) is 6.24. The van der Waals surface area contributed by atoms with Gasteiger partial charge in [0.25, 0.3) is 0 Å². The van der Waals surface area contributed by atoms with E-state index in [0.717, 1.165) is 38.4 Å². The number of anilines is 1. The van der Waals surface area contributed by atoms with Gasteiger partial charge in [0.1, 0.15) is 5.82 Å². The molecule has 1 saturated heterocycles. The summed E-state index contributed by atoms with van der Waals surface area (Å²) >= 11 is 0. The van der Waals surface area contributed by atoms with Crippen LogP contribution in [-0.2, 0) is 11.3 Å². The summed E-state index contributed by atoms with van der Waals surface area (Å²) in [6.45, 7) is 10.7. The van der Waals surface area contributed by atoms with Crippen molar-refractivity contribution in [1.29, 1.82) is 0 Å². The molecule has 2 rings (SSSR count). The van der Waals surface area contributed by atoms with E-state index in [1.807, 2.05) is 39.0 Å². The Balaban J connectivity index is 1.98. The lowest BCUT2D eigenvalue weighted by Crippen LogP contribution is -2.43. The molecule has 0 saturated carbocycles. The van der Waals surface area contributed by atoms with Crippen LogP contribution in [0.4, 0.5) is 5.82 Å². The van der Waals surface area contributed by atoms with Crippen LogP contribution in [0.5, 0.6) is 0 Å². The fourth-order valence-corrected chi connectivity index (χ4v) is 2.04. The number of aromatic nitrogens is 1. The first-order valence-corrected chi connectivity index (χ1v) is 7.15. The second kappa shape index (κ2) is 6.33. The van der Waals surface area contributed by atoms with Crippen molar-refractivity contribution in [3.63, 3.8) is 0 Å². The molecule has 20 heavy (non-hydrogen) atoms. The van der Waals surface area contributed by atoms with Crippen molar-refractivity contribution in [2.45, 2.75) is 27.3 Å². The number of pyridine rings is 1. The van der Waals surface area contributed by atoms with Crippen molar-refractivity contribution in [2.75, 3.05) is 31.5 Å². The SMILES string of the molecule is CC(C)(C)C(=O)Nc1cccc(CN2CCNCC2)n1. The van der Waals surface area contributed by atoms with Gasteiger partial charge in [-0.25, -0.2) is 4.98 Å². The average Bonchev–Trinajstić information content (AvgIpc) is 2.39. The number of piperazine rings is 1. The fraction of sp³-hybridized carbons (Fsp3) is 0.600. The Labute approximate surface area is 120 Å². The first-order valence-electron chi connectivity index (χ1n) is 7.15. The zero-order chi connectivity index (χ0) is 14.6. The van der Waals surface area contributed by atoms with Gasteiger partial charge in [0.2, 0.25) is 5.91 Å². The molecule has 1 aliphatic heterocycles. The summed E-state index contributed by atoms with van der Waals surface area (Å²) in [7, 11) is 0. The highest BCUT2D eigenvalue weighted by Crippen LogP contribution is 2.16. The molecule has 0 aliphatic carbocycles. The highest BCUT2D eigenvalue weighted by molar-refractivity contribution is 5.93. The largest absolute Gasteiger partial charge is 0.314 e. The van der Waals surface area contributed by atoms with Crippen LogP contribution in [0, 0.1) is 5.41 Å². The molecule has 0 radical (unpaired) electrons.